The van der Waals surface area contributed by atoms with Crippen molar-refractivity contribution in [3.8, 4) is 0 Å². The maximum atomic E-state index is 4.58. The van der Waals surface area contributed by atoms with E-state index in [1.54, 1.807) is 0 Å². The molecule has 1 N–H and O–H groups in total. The minimum Gasteiger partial charge on any atom is -0.352 e. The first-order valence-corrected chi connectivity index (χ1v) is 7.27. The van der Waals surface area contributed by atoms with Crippen molar-refractivity contribution in [1.82, 2.24) is 15.3 Å². The van der Waals surface area contributed by atoms with Gasteiger partial charge in [-0.3, -0.25) is 0 Å². The van der Waals surface area contributed by atoms with Crippen LogP contribution in [0.4, 0.5) is 5.82 Å². The smallest absolute Gasteiger partial charge is 0.132 e. The Bertz CT molecular complexity index is 411. The number of aromatic nitrogens is 2. The highest BCUT2D eigenvalue weighted by Gasteiger charge is 2.24. The summed E-state index contributed by atoms with van der Waals surface area (Å²) in [5.74, 6) is 1.93. The lowest BCUT2D eigenvalue weighted by Gasteiger charge is -2.38. The van der Waals surface area contributed by atoms with Gasteiger partial charge in [0.05, 0.1) is 0 Å². The van der Waals surface area contributed by atoms with E-state index in [4.69, 9.17) is 0 Å². The molecule has 0 aliphatic carbocycles. The second-order valence-corrected chi connectivity index (χ2v) is 6.44. The molecule has 0 saturated carbocycles. The molecule has 0 aromatic carbocycles. The van der Waals surface area contributed by atoms with E-state index in [9.17, 15) is 0 Å². The number of nitrogens with zero attached hydrogens (tertiary/aromatic N) is 3. The van der Waals surface area contributed by atoms with Gasteiger partial charge < -0.3 is 10.2 Å². The van der Waals surface area contributed by atoms with E-state index in [-0.39, 0.29) is 5.54 Å². The summed E-state index contributed by atoms with van der Waals surface area (Å²) in [4.78, 5) is 11.2. The molecule has 0 amide bonds. The van der Waals surface area contributed by atoms with Crippen LogP contribution in [0.5, 0.6) is 0 Å². The molecule has 1 unspecified atom stereocenters. The number of rotatable bonds is 3. The SMILES string of the molecule is Cc1nccc(N2CCCCC2CNC(C)(C)C)n1. The Morgan fingerprint density at radius 1 is 1.37 bits per heavy atom. The molecule has 0 radical (unpaired) electrons. The number of aryl methyl sites for hydroxylation is 1. The molecule has 2 rings (SSSR count). The van der Waals surface area contributed by atoms with Crippen molar-refractivity contribution in [1.29, 1.82) is 0 Å². The first-order chi connectivity index (χ1) is 8.96. The Morgan fingerprint density at radius 3 is 2.84 bits per heavy atom. The second kappa shape index (κ2) is 5.87. The van der Waals surface area contributed by atoms with Crippen molar-refractivity contribution >= 4 is 5.82 Å². The van der Waals surface area contributed by atoms with Gasteiger partial charge in [0.1, 0.15) is 11.6 Å². The van der Waals surface area contributed by atoms with E-state index in [0.717, 1.165) is 24.7 Å². The average molecular weight is 262 g/mol. The van der Waals surface area contributed by atoms with Crippen molar-refractivity contribution in [3.63, 3.8) is 0 Å². The standard InChI is InChI=1S/C15H26N4/c1-12-16-9-8-14(18-12)19-10-6-5-7-13(19)11-17-15(2,3)4/h8-9,13,17H,5-7,10-11H2,1-4H3. The van der Waals surface area contributed by atoms with Crippen LogP contribution in [0.3, 0.4) is 0 Å². The van der Waals surface area contributed by atoms with Crippen LogP contribution in [0.2, 0.25) is 0 Å². The van der Waals surface area contributed by atoms with Crippen molar-refractivity contribution in [2.45, 2.75) is 58.5 Å². The fourth-order valence-corrected chi connectivity index (χ4v) is 2.54. The van der Waals surface area contributed by atoms with Crippen LogP contribution in [0.15, 0.2) is 12.3 Å². The largest absolute Gasteiger partial charge is 0.352 e. The predicted octanol–water partition coefficient (Wildman–Crippen LogP) is 2.53. The highest BCUT2D eigenvalue weighted by Crippen LogP contribution is 2.23. The van der Waals surface area contributed by atoms with Crippen molar-refractivity contribution in [2.75, 3.05) is 18.0 Å². The molecule has 0 spiro atoms. The third-order valence-electron chi connectivity index (χ3n) is 3.55. The van der Waals surface area contributed by atoms with Crippen LogP contribution < -0.4 is 10.2 Å². The van der Waals surface area contributed by atoms with Crippen molar-refractivity contribution in [2.24, 2.45) is 0 Å². The van der Waals surface area contributed by atoms with Crippen LogP contribution >= 0.6 is 0 Å². The van der Waals surface area contributed by atoms with Crippen LogP contribution in [-0.2, 0) is 0 Å². The van der Waals surface area contributed by atoms with Gasteiger partial charge in [-0.15, -0.1) is 0 Å². The highest BCUT2D eigenvalue weighted by atomic mass is 15.2. The molecule has 106 valence electrons. The molecule has 1 aromatic heterocycles. The molecule has 1 aliphatic rings. The van der Waals surface area contributed by atoms with Crippen LogP contribution in [0, 0.1) is 6.92 Å². The third-order valence-corrected chi connectivity index (χ3v) is 3.55. The lowest BCUT2D eigenvalue weighted by atomic mass is 10.0. The van der Waals surface area contributed by atoms with E-state index < -0.39 is 0 Å². The quantitative estimate of drug-likeness (QED) is 0.909. The Kier molecular flexibility index (Phi) is 4.40. The lowest BCUT2D eigenvalue weighted by Crippen LogP contribution is -2.50. The molecule has 2 heterocycles. The van der Waals surface area contributed by atoms with E-state index >= 15 is 0 Å². The van der Waals surface area contributed by atoms with Gasteiger partial charge in [-0.05, 0) is 53.0 Å². The van der Waals surface area contributed by atoms with Gasteiger partial charge in [-0.25, -0.2) is 9.97 Å². The third kappa shape index (κ3) is 4.16. The fraction of sp³-hybridized carbons (Fsp3) is 0.733. The summed E-state index contributed by atoms with van der Waals surface area (Å²) in [6.07, 6.45) is 5.68. The number of piperidine rings is 1. The van der Waals surface area contributed by atoms with Gasteiger partial charge >= 0.3 is 0 Å². The van der Waals surface area contributed by atoms with E-state index in [1.807, 2.05) is 19.2 Å². The normalized spacial score (nSPS) is 20.6. The number of anilines is 1. The van der Waals surface area contributed by atoms with Gasteiger partial charge in [0.25, 0.3) is 0 Å². The Hall–Kier alpha value is -1.16. The minimum absolute atomic E-state index is 0.171. The molecule has 4 nitrogen and oxygen atoms in total. The zero-order valence-corrected chi connectivity index (χ0v) is 12.6. The molecular weight excluding hydrogens is 236 g/mol. The average Bonchev–Trinajstić information content (AvgIpc) is 2.36. The van der Waals surface area contributed by atoms with E-state index in [0.29, 0.717) is 6.04 Å². The van der Waals surface area contributed by atoms with Gasteiger partial charge in [0, 0.05) is 30.9 Å². The molecular formula is C15H26N4. The number of nitrogens with one attached hydrogen (secondary N) is 1. The maximum Gasteiger partial charge on any atom is 0.132 e. The monoisotopic (exact) mass is 262 g/mol. The first kappa shape index (κ1) is 14.3. The summed E-state index contributed by atoms with van der Waals surface area (Å²) < 4.78 is 0. The minimum atomic E-state index is 0.171. The van der Waals surface area contributed by atoms with Gasteiger partial charge in [-0.1, -0.05) is 0 Å². The summed E-state index contributed by atoms with van der Waals surface area (Å²) in [7, 11) is 0. The molecule has 1 saturated heterocycles. The van der Waals surface area contributed by atoms with E-state index in [1.165, 1.54) is 19.3 Å². The topological polar surface area (TPSA) is 41.1 Å². The molecule has 1 aromatic rings. The second-order valence-electron chi connectivity index (χ2n) is 6.44. The number of hydrogen-bond acceptors (Lipinski definition) is 4. The Balaban J connectivity index is 2.07. The molecule has 0 bridgehead atoms. The van der Waals surface area contributed by atoms with Crippen molar-refractivity contribution < 1.29 is 0 Å². The molecule has 1 atom stereocenters. The van der Waals surface area contributed by atoms with E-state index in [2.05, 4.69) is 41.0 Å². The maximum absolute atomic E-state index is 4.58. The highest BCUT2D eigenvalue weighted by molar-refractivity contribution is 5.39. The van der Waals surface area contributed by atoms with Gasteiger partial charge in [0.2, 0.25) is 0 Å². The van der Waals surface area contributed by atoms with Crippen LogP contribution in [0.25, 0.3) is 0 Å². The van der Waals surface area contributed by atoms with Crippen LogP contribution in [-0.4, -0.2) is 34.6 Å². The molecule has 1 aliphatic heterocycles. The molecule has 19 heavy (non-hydrogen) atoms. The molecule has 1 fully saturated rings. The van der Waals surface area contributed by atoms with Gasteiger partial charge in [0.15, 0.2) is 0 Å². The van der Waals surface area contributed by atoms with Gasteiger partial charge in [-0.2, -0.15) is 0 Å². The summed E-state index contributed by atoms with van der Waals surface area (Å²) in [5.41, 5.74) is 0.171. The Labute approximate surface area is 116 Å². The van der Waals surface area contributed by atoms with Crippen molar-refractivity contribution in [3.05, 3.63) is 18.1 Å². The summed E-state index contributed by atoms with van der Waals surface area (Å²) in [5, 5.41) is 3.62. The lowest BCUT2D eigenvalue weighted by molar-refractivity contribution is 0.365. The van der Waals surface area contributed by atoms with Crippen LogP contribution in [0.1, 0.15) is 45.9 Å². The summed E-state index contributed by atoms with van der Waals surface area (Å²) >= 11 is 0. The Morgan fingerprint density at radius 2 is 2.16 bits per heavy atom. The first-order valence-electron chi connectivity index (χ1n) is 7.27. The zero-order valence-electron chi connectivity index (χ0n) is 12.6. The number of hydrogen-bond donors (Lipinski definition) is 1. The summed E-state index contributed by atoms with van der Waals surface area (Å²) in [6, 6.07) is 2.57. The predicted molar refractivity (Wildman–Crippen MR) is 79.5 cm³/mol. The zero-order chi connectivity index (χ0) is 13.9. The fourth-order valence-electron chi connectivity index (χ4n) is 2.54. The summed E-state index contributed by atoms with van der Waals surface area (Å²) in [6.45, 7) is 10.7. The molecule has 4 heteroatoms.